The van der Waals surface area contributed by atoms with E-state index in [9.17, 15) is 8.42 Å². The number of aryl methyl sites for hydroxylation is 1. The van der Waals surface area contributed by atoms with Crippen LogP contribution in [-0.2, 0) is 31.9 Å². The zero-order chi connectivity index (χ0) is 24.0. The van der Waals surface area contributed by atoms with Crippen LogP contribution in [0.5, 0.6) is 5.75 Å². The van der Waals surface area contributed by atoms with E-state index in [1.54, 1.807) is 18.2 Å². The number of ether oxygens (including phenoxy) is 2. The van der Waals surface area contributed by atoms with Crippen molar-refractivity contribution in [1.82, 2.24) is 0 Å². The number of hydrogen-bond acceptors (Lipinski definition) is 5. The van der Waals surface area contributed by atoms with Gasteiger partial charge in [-0.25, -0.2) is 13.2 Å². The molecular weight excluding hydrogens is 456 g/mol. The van der Waals surface area contributed by atoms with Crippen molar-refractivity contribution in [3.63, 3.8) is 0 Å². The Bertz CT molecular complexity index is 1050. The summed E-state index contributed by atoms with van der Waals surface area (Å²) in [4.78, 5) is 0.816. The van der Waals surface area contributed by atoms with Crippen LogP contribution in [0.15, 0.2) is 52.3 Å². The van der Waals surface area contributed by atoms with E-state index in [0.717, 1.165) is 38.2 Å². The molecule has 2 aromatic carbocycles. The Morgan fingerprint density at radius 1 is 1.18 bits per heavy atom. The van der Waals surface area contributed by atoms with Crippen molar-refractivity contribution in [2.45, 2.75) is 49.8 Å². The average molecular weight is 493 g/mol. The Morgan fingerprint density at radius 3 is 2.42 bits per heavy atom. The highest BCUT2D eigenvalue weighted by atomic mass is 32.2. The van der Waals surface area contributed by atoms with Gasteiger partial charge < -0.3 is 9.47 Å². The third kappa shape index (κ3) is 7.04. The number of rotatable bonds is 10. The molecule has 0 amide bonds. The van der Waals surface area contributed by atoms with Crippen molar-refractivity contribution in [1.29, 1.82) is 4.78 Å². The summed E-state index contributed by atoms with van der Waals surface area (Å²) in [7, 11) is -4.58. The van der Waals surface area contributed by atoms with Crippen molar-refractivity contribution >= 4 is 26.4 Å². The molecule has 0 aromatic heterocycles. The molecule has 1 aliphatic rings. The van der Waals surface area contributed by atoms with E-state index in [1.807, 2.05) is 16.4 Å². The summed E-state index contributed by atoms with van der Waals surface area (Å²) in [6.07, 6.45) is 4.19. The van der Waals surface area contributed by atoms with E-state index in [1.165, 1.54) is 11.8 Å². The van der Waals surface area contributed by atoms with E-state index in [4.69, 9.17) is 14.3 Å². The molecule has 0 spiro atoms. The maximum atomic E-state index is 13.7. The van der Waals surface area contributed by atoms with Gasteiger partial charge in [0.05, 0.1) is 26.1 Å². The fraction of sp³-hybridized carbons (Fsp3) is 0.520. The van der Waals surface area contributed by atoms with Gasteiger partial charge in [0.15, 0.2) is 11.0 Å². The molecule has 3 rings (SSSR count). The summed E-state index contributed by atoms with van der Waals surface area (Å²) in [6, 6.07) is 13.2. The van der Waals surface area contributed by atoms with E-state index < -0.39 is 20.7 Å². The zero-order valence-corrected chi connectivity index (χ0v) is 21.7. The second-order valence-corrected chi connectivity index (χ2v) is 12.6. The van der Waals surface area contributed by atoms with Crippen molar-refractivity contribution in [3.05, 3.63) is 48.0 Å². The summed E-state index contributed by atoms with van der Waals surface area (Å²) >= 11 is 0. The second-order valence-electron chi connectivity index (χ2n) is 9.04. The molecule has 0 radical (unpaired) electrons. The predicted octanol–water partition coefficient (Wildman–Crippen LogP) is 5.28. The first-order valence-corrected chi connectivity index (χ1v) is 14.6. The fourth-order valence-electron chi connectivity index (χ4n) is 3.77. The van der Waals surface area contributed by atoms with Gasteiger partial charge in [0, 0.05) is 31.7 Å². The predicted molar refractivity (Wildman–Crippen MR) is 135 cm³/mol. The molecule has 2 unspecified atom stereocenters. The Labute approximate surface area is 201 Å². The van der Waals surface area contributed by atoms with Gasteiger partial charge in [-0.1, -0.05) is 32.9 Å². The largest absolute Gasteiger partial charge is 0.492 e. The van der Waals surface area contributed by atoms with Gasteiger partial charge in [0.1, 0.15) is 5.75 Å². The standard InChI is InChI=1S/C25H36N2O4S2/c1-5-20-6-8-22(9-7-20)27(17-19(2)3)32(28)23-10-11-24(25(16-23)33(4,26)29)31-18-21-12-14-30-15-13-21/h6-11,16,19,21,26H,5,12-15,17-18H2,1-4H3. The topological polar surface area (TPSA) is 79.7 Å². The minimum absolute atomic E-state index is 0.297. The quantitative estimate of drug-likeness (QED) is 0.490. The molecule has 1 aliphatic heterocycles. The van der Waals surface area contributed by atoms with Gasteiger partial charge in [-0.05, 0) is 67.0 Å². The minimum atomic E-state index is -3.07. The van der Waals surface area contributed by atoms with Crippen LogP contribution >= 0.6 is 0 Å². The van der Waals surface area contributed by atoms with Gasteiger partial charge in [0.2, 0.25) is 0 Å². The lowest BCUT2D eigenvalue weighted by molar-refractivity contribution is 0.0493. The SMILES string of the molecule is CCc1ccc(N(CC(C)C)S(=O)c2ccc(OCC3CCOCC3)c(S(C)(=N)=O)c2)cc1. The monoisotopic (exact) mass is 492 g/mol. The third-order valence-corrected chi connectivity index (χ3v) is 8.29. The van der Waals surface area contributed by atoms with Crippen LogP contribution in [0.3, 0.4) is 0 Å². The molecule has 1 fully saturated rings. The number of hydrogen-bond donors (Lipinski definition) is 1. The number of benzene rings is 2. The molecule has 2 aromatic rings. The van der Waals surface area contributed by atoms with Crippen molar-refractivity contribution in [2.24, 2.45) is 11.8 Å². The lowest BCUT2D eigenvalue weighted by Gasteiger charge is -2.26. The fourth-order valence-corrected chi connectivity index (χ4v) is 6.11. The molecule has 1 saturated heterocycles. The summed E-state index contributed by atoms with van der Waals surface area (Å²) in [5, 5.41) is 0. The molecule has 0 aliphatic carbocycles. The van der Waals surface area contributed by atoms with Gasteiger partial charge in [-0.2, -0.15) is 0 Å². The van der Waals surface area contributed by atoms with Crippen LogP contribution in [0, 0.1) is 16.6 Å². The van der Waals surface area contributed by atoms with Crippen LogP contribution in [-0.4, -0.2) is 41.0 Å². The Hall–Kier alpha value is -1.90. The highest BCUT2D eigenvalue weighted by Crippen LogP contribution is 2.30. The Morgan fingerprint density at radius 2 is 1.85 bits per heavy atom. The molecule has 1 N–H and O–H groups in total. The van der Waals surface area contributed by atoms with Gasteiger partial charge >= 0.3 is 0 Å². The summed E-state index contributed by atoms with van der Waals surface area (Å²) < 4.78 is 47.9. The Balaban J connectivity index is 1.89. The van der Waals surface area contributed by atoms with Crippen LogP contribution in [0.4, 0.5) is 5.69 Å². The summed E-state index contributed by atoms with van der Waals surface area (Å²) in [5.74, 6) is 1.12. The first-order chi connectivity index (χ1) is 15.7. The second kappa shape index (κ2) is 11.5. The highest BCUT2D eigenvalue weighted by molar-refractivity contribution is 7.92. The number of nitrogens with zero attached hydrogens (tertiary/aromatic N) is 1. The van der Waals surface area contributed by atoms with E-state index in [0.29, 0.717) is 40.5 Å². The van der Waals surface area contributed by atoms with E-state index in [-0.39, 0.29) is 0 Å². The molecule has 1 heterocycles. The number of nitrogens with one attached hydrogen (secondary N) is 1. The van der Waals surface area contributed by atoms with Crippen molar-refractivity contribution in [2.75, 3.05) is 36.9 Å². The lowest BCUT2D eigenvalue weighted by Crippen LogP contribution is -2.30. The zero-order valence-electron chi connectivity index (χ0n) is 20.0. The maximum Gasteiger partial charge on any atom is 0.152 e. The third-order valence-electron chi connectivity index (χ3n) is 5.72. The van der Waals surface area contributed by atoms with E-state index >= 15 is 0 Å². The molecule has 0 bridgehead atoms. The summed E-state index contributed by atoms with van der Waals surface area (Å²) in [5.41, 5.74) is 2.10. The Kier molecular flexibility index (Phi) is 8.95. The minimum Gasteiger partial charge on any atom is -0.492 e. The molecule has 33 heavy (non-hydrogen) atoms. The van der Waals surface area contributed by atoms with Crippen LogP contribution in [0.25, 0.3) is 0 Å². The first-order valence-electron chi connectivity index (χ1n) is 11.6. The molecule has 6 nitrogen and oxygen atoms in total. The van der Waals surface area contributed by atoms with E-state index in [2.05, 4.69) is 32.9 Å². The van der Waals surface area contributed by atoms with Crippen LogP contribution in [0.1, 0.15) is 39.2 Å². The smallest absolute Gasteiger partial charge is 0.152 e. The summed E-state index contributed by atoms with van der Waals surface area (Å²) in [6.45, 7) is 8.85. The van der Waals surface area contributed by atoms with Crippen LogP contribution < -0.4 is 9.04 Å². The normalized spacial score (nSPS) is 17.5. The van der Waals surface area contributed by atoms with Gasteiger partial charge in [0.25, 0.3) is 0 Å². The first kappa shape index (κ1) is 25.7. The van der Waals surface area contributed by atoms with Crippen molar-refractivity contribution < 1.29 is 17.9 Å². The molecule has 2 atom stereocenters. The van der Waals surface area contributed by atoms with Crippen molar-refractivity contribution in [3.8, 4) is 5.75 Å². The van der Waals surface area contributed by atoms with Gasteiger partial charge in [-0.3, -0.25) is 4.31 Å². The molecular formula is C25H36N2O4S2. The van der Waals surface area contributed by atoms with Crippen LogP contribution in [0.2, 0.25) is 0 Å². The van der Waals surface area contributed by atoms with Gasteiger partial charge in [-0.15, -0.1) is 0 Å². The average Bonchev–Trinajstić information content (AvgIpc) is 2.81. The number of anilines is 1. The lowest BCUT2D eigenvalue weighted by atomic mass is 10.0. The highest BCUT2D eigenvalue weighted by Gasteiger charge is 2.22. The molecule has 8 heteroatoms. The molecule has 182 valence electrons. The maximum absolute atomic E-state index is 13.7. The molecule has 0 saturated carbocycles.